The lowest BCUT2D eigenvalue weighted by Crippen LogP contribution is -2.39. The number of benzene rings is 1. The number of aliphatic hydroxyl groups excluding tert-OH is 1. The lowest BCUT2D eigenvalue weighted by Gasteiger charge is -2.31. The molecule has 6 atom stereocenters. The molecular formula is C23H35NO7S. The number of aliphatic hydroxyl groups is 1. The summed E-state index contributed by atoms with van der Waals surface area (Å²) in [5.74, 6) is 0.384. The van der Waals surface area contributed by atoms with Gasteiger partial charge in [0.25, 0.3) is 0 Å². The number of rotatable bonds is 12. The third-order valence-corrected chi connectivity index (χ3v) is 7.01. The minimum absolute atomic E-state index is 0.0682. The maximum atomic E-state index is 11.9. The number of carbonyl (C=O) groups excluding carboxylic acids is 1. The van der Waals surface area contributed by atoms with Gasteiger partial charge in [0.2, 0.25) is 10.0 Å². The van der Waals surface area contributed by atoms with Crippen LogP contribution in [0.2, 0.25) is 0 Å². The van der Waals surface area contributed by atoms with Crippen LogP contribution in [0.4, 0.5) is 0 Å². The summed E-state index contributed by atoms with van der Waals surface area (Å²) in [5, 5.41) is 10.6. The van der Waals surface area contributed by atoms with Crippen LogP contribution in [0.5, 0.6) is 5.75 Å². The van der Waals surface area contributed by atoms with Crippen molar-refractivity contribution in [1.29, 1.82) is 0 Å². The predicted molar refractivity (Wildman–Crippen MR) is 120 cm³/mol. The van der Waals surface area contributed by atoms with Crippen molar-refractivity contribution in [3.8, 4) is 5.75 Å². The molecule has 0 spiro atoms. The third-order valence-electron chi connectivity index (χ3n) is 6.25. The molecule has 2 fully saturated rings. The van der Waals surface area contributed by atoms with E-state index in [2.05, 4.69) is 4.72 Å². The van der Waals surface area contributed by atoms with Crippen molar-refractivity contribution in [3.05, 3.63) is 30.3 Å². The molecule has 1 aromatic carbocycles. The van der Waals surface area contributed by atoms with Crippen molar-refractivity contribution in [2.45, 2.75) is 69.5 Å². The number of para-hydroxylation sites is 1. The van der Waals surface area contributed by atoms with Crippen LogP contribution in [-0.4, -0.2) is 63.8 Å². The molecule has 2 N–H and O–H groups in total. The van der Waals surface area contributed by atoms with E-state index in [1.807, 2.05) is 30.3 Å². The number of nitrogens with one attached hydrogen (secondary N) is 1. The highest BCUT2D eigenvalue weighted by atomic mass is 32.2. The molecule has 9 heteroatoms. The molecule has 1 heterocycles. The van der Waals surface area contributed by atoms with Crippen LogP contribution in [0.15, 0.2) is 30.3 Å². The number of aldehydes is 1. The highest BCUT2D eigenvalue weighted by Crippen LogP contribution is 2.40. The van der Waals surface area contributed by atoms with Crippen molar-refractivity contribution in [1.82, 2.24) is 4.72 Å². The second kappa shape index (κ2) is 12.1. The van der Waals surface area contributed by atoms with E-state index in [0.717, 1.165) is 31.8 Å². The van der Waals surface area contributed by atoms with Crippen LogP contribution < -0.4 is 9.46 Å². The fourth-order valence-electron chi connectivity index (χ4n) is 4.75. The number of carbonyl (C=O) groups is 1. The van der Waals surface area contributed by atoms with Gasteiger partial charge in [0.1, 0.15) is 18.6 Å². The largest absolute Gasteiger partial charge is 0.492 e. The summed E-state index contributed by atoms with van der Waals surface area (Å²) in [6.07, 6.45) is 5.50. The first-order valence-electron chi connectivity index (χ1n) is 11.4. The van der Waals surface area contributed by atoms with E-state index in [4.69, 9.17) is 14.2 Å². The van der Waals surface area contributed by atoms with Gasteiger partial charge in [-0.25, -0.2) is 13.1 Å². The Kier molecular flexibility index (Phi) is 9.48. The average molecular weight is 470 g/mol. The van der Waals surface area contributed by atoms with E-state index in [-0.39, 0.29) is 37.3 Å². The van der Waals surface area contributed by atoms with Gasteiger partial charge in [-0.1, -0.05) is 18.2 Å². The highest BCUT2D eigenvalue weighted by molar-refractivity contribution is 7.88. The third kappa shape index (κ3) is 7.81. The fraction of sp³-hybridized carbons (Fsp3) is 0.696. The van der Waals surface area contributed by atoms with Gasteiger partial charge in [0, 0.05) is 19.4 Å². The normalized spacial score (nSPS) is 29.5. The summed E-state index contributed by atoms with van der Waals surface area (Å²) < 4.78 is 44.2. The van der Waals surface area contributed by atoms with E-state index in [0.29, 0.717) is 31.6 Å². The zero-order chi connectivity index (χ0) is 23.0. The first kappa shape index (κ1) is 25.1. The van der Waals surface area contributed by atoms with Gasteiger partial charge in [0.05, 0.1) is 24.5 Å². The molecule has 3 unspecified atom stereocenters. The molecule has 3 rings (SSSR count). The van der Waals surface area contributed by atoms with Crippen LogP contribution in [0.25, 0.3) is 0 Å². The second-order valence-corrected chi connectivity index (χ2v) is 10.6. The molecule has 0 radical (unpaired) electrons. The molecule has 0 aromatic heterocycles. The van der Waals surface area contributed by atoms with Gasteiger partial charge < -0.3 is 24.1 Å². The Morgan fingerprint density at radius 2 is 2.03 bits per heavy atom. The zero-order valence-electron chi connectivity index (χ0n) is 18.6. The Hall–Kier alpha value is -1.52. The molecule has 1 aromatic rings. The van der Waals surface area contributed by atoms with Gasteiger partial charge >= 0.3 is 0 Å². The molecular weight excluding hydrogens is 434 g/mol. The maximum absolute atomic E-state index is 11.9. The Morgan fingerprint density at radius 1 is 1.25 bits per heavy atom. The molecule has 2 aliphatic rings. The van der Waals surface area contributed by atoms with Crippen LogP contribution >= 0.6 is 0 Å². The molecule has 0 amide bonds. The van der Waals surface area contributed by atoms with Crippen molar-refractivity contribution >= 4 is 16.3 Å². The number of hydrogen-bond donors (Lipinski definition) is 2. The predicted octanol–water partition coefficient (Wildman–Crippen LogP) is 2.26. The standard InChI is InChI=1S/C23H35NO7S/c1-32(27,28)24-17(16-30-18-7-3-2-4-8-18)10-11-20-19(12-13-25)21(26)15-22(20)31-23-9-5-6-14-29-23/h2-4,7-8,13,17,19-24,26H,5-6,9-12,14-16H2,1H3/t17?,19?,20-,21+,22-,23?/m0/s1. The smallest absolute Gasteiger partial charge is 0.209 e. The van der Waals surface area contributed by atoms with Crippen molar-refractivity contribution in [3.63, 3.8) is 0 Å². The highest BCUT2D eigenvalue weighted by Gasteiger charge is 2.44. The molecule has 0 bridgehead atoms. The molecule has 1 saturated carbocycles. The van der Waals surface area contributed by atoms with E-state index in [1.54, 1.807) is 0 Å². The molecule has 32 heavy (non-hydrogen) atoms. The SMILES string of the molecule is CS(=O)(=O)NC(CC[C@H]1C(CC=O)[C@H](O)C[C@@H]1OC1CCCCO1)COc1ccccc1. The minimum atomic E-state index is -3.43. The second-order valence-electron chi connectivity index (χ2n) is 8.79. The summed E-state index contributed by atoms with van der Waals surface area (Å²) in [7, 11) is -3.43. The summed E-state index contributed by atoms with van der Waals surface area (Å²) in [6, 6.07) is 8.79. The molecule has 180 valence electrons. The van der Waals surface area contributed by atoms with Crippen LogP contribution in [0.3, 0.4) is 0 Å². The quantitative estimate of drug-likeness (QED) is 0.452. The molecule has 1 saturated heterocycles. The Balaban J connectivity index is 1.65. The number of hydrogen-bond acceptors (Lipinski definition) is 7. The zero-order valence-corrected chi connectivity index (χ0v) is 19.4. The fourth-order valence-corrected chi connectivity index (χ4v) is 5.54. The summed E-state index contributed by atoms with van der Waals surface area (Å²) in [6.45, 7) is 0.849. The van der Waals surface area contributed by atoms with Crippen LogP contribution in [0.1, 0.15) is 44.9 Å². The summed E-state index contributed by atoms with van der Waals surface area (Å²) in [5.41, 5.74) is 0. The van der Waals surface area contributed by atoms with Crippen molar-refractivity contribution in [2.75, 3.05) is 19.5 Å². The van der Waals surface area contributed by atoms with Gasteiger partial charge in [-0.2, -0.15) is 0 Å². The van der Waals surface area contributed by atoms with Crippen LogP contribution in [0, 0.1) is 11.8 Å². The van der Waals surface area contributed by atoms with Gasteiger partial charge in [-0.15, -0.1) is 0 Å². The van der Waals surface area contributed by atoms with Gasteiger partial charge in [-0.05, 0) is 56.1 Å². The van der Waals surface area contributed by atoms with E-state index < -0.39 is 22.2 Å². The minimum Gasteiger partial charge on any atom is -0.492 e. The van der Waals surface area contributed by atoms with Crippen molar-refractivity contribution in [2.24, 2.45) is 11.8 Å². The molecule has 1 aliphatic heterocycles. The van der Waals surface area contributed by atoms with E-state index in [9.17, 15) is 18.3 Å². The monoisotopic (exact) mass is 469 g/mol. The Morgan fingerprint density at radius 3 is 2.69 bits per heavy atom. The molecule has 8 nitrogen and oxygen atoms in total. The van der Waals surface area contributed by atoms with Gasteiger partial charge in [0.15, 0.2) is 6.29 Å². The average Bonchev–Trinajstić information content (AvgIpc) is 3.05. The summed E-state index contributed by atoms with van der Waals surface area (Å²) >= 11 is 0. The van der Waals surface area contributed by atoms with Crippen molar-refractivity contribution < 1.29 is 32.5 Å². The maximum Gasteiger partial charge on any atom is 0.209 e. The lowest BCUT2D eigenvalue weighted by molar-refractivity contribution is -0.196. The van der Waals surface area contributed by atoms with E-state index >= 15 is 0 Å². The number of ether oxygens (including phenoxy) is 3. The Labute approximate surface area is 190 Å². The summed E-state index contributed by atoms with van der Waals surface area (Å²) in [4.78, 5) is 11.2. The van der Waals surface area contributed by atoms with Crippen LogP contribution in [-0.2, 0) is 24.3 Å². The topological polar surface area (TPSA) is 111 Å². The first-order chi connectivity index (χ1) is 15.4. The molecule has 1 aliphatic carbocycles. The Bertz CT molecular complexity index is 798. The first-order valence-corrected chi connectivity index (χ1v) is 13.3. The lowest BCUT2D eigenvalue weighted by atomic mass is 9.86. The van der Waals surface area contributed by atoms with E-state index in [1.165, 1.54) is 0 Å². The number of sulfonamides is 1. The van der Waals surface area contributed by atoms with Gasteiger partial charge in [-0.3, -0.25) is 0 Å².